The number of rotatable bonds is 19. The molecule has 15 nitrogen and oxygen atoms in total. The fourth-order valence-electron chi connectivity index (χ4n) is 6.68. The molecule has 0 N–H and O–H groups in total. The van der Waals surface area contributed by atoms with E-state index in [2.05, 4.69) is 28.4 Å². The van der Waals surface area contributed by atoms with Gasteiger partial charge in [-0.15, -0.1) is 0 Å². The number of carbonyl (C=O) groups is 2. The number of nitrogens with zero attached hydrogens (tertiary/aromatic N) is 3. The molecule has 2 heterocycles. The molecule has 17 heteroatoms. The second kappa shape index (κ2) is 24.6. The SMILES string of the molecule is CCOc1ccc(C#Cc2cc(COS(=O)(=O)c3ccc(C)cc3)nc(CN(CC(=O)OC(C)(C)C)Cc3cc(C#Cc4ccc(OCC(=O)OC)cc4)cc(COS(=O)(=O)c4ccc(C)cc4)n3)c2)cc1. The van der Waals surface area contributed by atoms with Crippen LogP contribution in [0.2, 0.25) is 0 Å². The van der Waals surface area contributed by atoms with Crippen LogP contribution in [-0.2, 0) is 74.0 Å². The van der Waals surface area contributed by atoms with Crippen molar-refractivity contribution in [3.05, 3.63) is 177 Å². The van der Waals surface area contributed by atoms with Crippen molar-refractivity contribution >= 4 is 32.2 Å². The van der Waals surface area contributed by atoms with Crippen molar-refractivity contribution in [1.29, 1.82) is 0 Å². The molecule has 0 amide bonds. The van der Waals surface area contributed by atoms with Crippen LogP contribution in [0.5, 0.6) is 11.5 Å². The van der Waals surface area contributed by atoms with Crippen molar-refractivity contribution in [2.45, 2.75) is 83.2 Å². The van der Waals surface area contributed by atoms with Crippen molar-refractivity contribution in [3.63, 3.8) is 0 Å². The van der Waals surface area contributed by atoms with E-state index in [4.69, 9.17) is 32.5 Å². The average molecular weight is 1010 g/mol. The second-order valence-corrected chi connectivity index (χ2v) is 20.5. The van der Waals surface area contributed by atoms with Crippen LogP contribution in [0.15, 0.2) is 131 Å². The van der Waals surface area contributed by atoms with Crippen LogP contribution in [0.4, 0.5) is 0 Å². The molecule has 6 rings (SSSR count). The Balaban J connectivity index is 1.36. The zero-order valence-corrected chi connectivity index (χ0v) is 42.7. The molecule has 0 aliphatic heterocycles. The second-order valence-electron chi connectivity index (χ2n) is 17.3. The number of hydrogen-bond acceptors (Lipinski definition) is 15. The Hall–Kier alpha value is -7.38. The lowest BCUT2D eigenvalue weighted by molar-refractivity contribution is -0.156. The molecular weight excluding hydrogens is 959 g/mol. The van der Waals surface area contributed by atoms with Crippen LogP contribution < -0.4 is 9.47 Å². The minimum absolute atomic E-state index is 0.00386. The maximum absolute atomic E-state index is 13.6. The fourth-order valence-corrected chi connectivity index (χ4v) is 8.45. The molecule has 0 aliphatic carbocycles. The van der Waals surface area contributed by atoms with Gasteiger partial charge in [0, 0.05) is 35.3 Å². The number of esters is 2. The van der Waals surface area contributed by atoms with E-state index in [1.807, 2.05) is 45.0 Å². The van der Waals surface area contributed by atoms with Gasteiger partial charge in [0.1, 0.15) is 30.3 Å². The smallest absolute Gasteiger partial charge is 0.343 e. The molecule has 0 spiro atoms. The number of benzene rings is 4. The van der Waals surface area contributed by atoms with Gasteiger partial charge in [-0.25, -0.2) is 4.79 Å². The summed E-state index contributed by atoms with van der Waals surface area (Å²) in [5.74, 6) is 12.6. The van der Waals surface area contributed by atoms with Crippen molar-refractivity contribution in [3.8, 4) is 35.2 Å². The van der Waals surface area contributed by atoms with Gasteiger partial charge in [-0.2, -0.15) is 16.8 Å². The lowest BCUT2D eigenvalue weighted by atomic mass is 10.1. The first-order chi connectivity index (χ1) is 34.2. The van der Waals surface area contributed by atoms with Crippen molar-refractivity contribution < 1.29 is 53.7 Å². The molecule has 6 aromatic rings. The standard InChI is InChI=1S/C55H55N3O12S2/c1-8-66-49-21-17-41(18-22-49)13-15-43-29-45(56-47(31-43)36-68-71(61,62)51-25-9-39(2)10-26-51)33-58(35-53(59)70-55(4,5)6)34-46-30-44(16-14-42-19-23-50(24-20-42)67-38-54(60)65-7)32-48(57-46)37-69-72(63,64)52-27-11-40(3)12-28-52/h9-12,17-32H,8,33-38H2,1-7H3. The first-order valence-corrected chi connectivity index (χ1v) is 25.5. The molecule has 2 aromatic heterocycles. The number of aromatic nitrogens is 2. The summed E-state index contributed by atoms with van der Waals surface area (Å²) in [5.41, 5.74) is 4.47. The summed E-state index contributed by atoms with van der Waals surface area (Å²) in [6.07, 6.45) is 0. The Kier molecular flexibility index (Phi) is 18.5. The maximum Gasteiger partial charge on any atom is 0.343 e. The molecule has 0 saturated heterocycles. The van der Waals surface area contributed by atoms with Gasteiger partial charge < -0.3 is 18.9 Å². The van der Waals surface area contributed by atoms with E-state index in [0.29, 0.717) is 51.7 Å². The topological polar surface area (TPSA) is 187 Å². The van der Waals surface area contributed by atoms with E-state index in [1.54, 1.807) is 98.5 Å². The number of ether oxygens (including phenoxy) is 4. The molecular formula is C55H55N3O12S2. The van der Waals surface area contributed by atoms with E-state index < -0.39 is 51.0 Å². The highest BCUT2D eigenvalue weighted by Gasteiger charge is 2.23. The number of carbonyl (C=O) groups excluding carboxylic acids is 2. The molecule has 374 valence electrons. The van der Waals surface area contributed by atoms with E-state index >= 15 is 0 Å². The average Bonchev–Trinajstić information content (AvgIpc) is 3.33. The van der Waals surface area contributed by atoms with Crippen LogP contribution in [0.3, 0.4) is 0 Å². The lowest BCUT2D eigenvalue weighted by Gasteiger charge is -2.25. The minimum atomic E-state index is -4.20. The van der Waals surface area contributed by atoms with Crippen LogP contribution in [-0.4, -0.2) is 76.1 Å². The largest absolute Gasteiger partial charge is 0.494 e. The predicted molar refractivity (Wildman–Crippen MR) is 268 cm³/mol. The van der Waals surface area contributed by atoms with E-state index in [-0.39, 0.29) is 47.4 Å². The highest BCUT2D eigenvalue weighted by atomic mass is 32.2. The van der Waals surface area contributed by atoms with Crippen LogP contribution >= 0.6 is 0 Å². The van der Waals surface area contributed by atoms with Crippen molar-refractivity contribution in [1.82, 2.24) is 14.9 Å². The van der Waals surface area contributed by atoms with E-state index in [1.165, 1.54) is 31.4 Å². The molecule has 0 atom stereocenters. The van der Waals surface area contributed by atoms with Gasteiger partial charge in [-0.05, 0) is 139 Å². The highest BCUT2D eigenvalue weighted by Crippen LogP contribution is 2.21. The van der Waals surface area contributed by atoms with Crippen LogP contribution in [0, 0.1) is 37.5 Å². The first kappa shape index (κ1) is 54.0. The van der Waals surface area contributed by atoms with E-state index in [9.17, 15) is 26.4 Å². The van der Waals surface area contributed by atoms with Gasteiger partial charge in [0.2, 0.25) is 0 Å². The van der Waals surface area contributed by atoms with Crippen LogP contribution in [0.25, 0.3) is 0 Å². The summed E-state index contributed by atoms with van der Waals surface area (Å²) in [5, 5.41) is 0. The molecule has 0 saturated carbocycles. The summed E-state index contributed by atoms with van der Waals surface area (Å²) < 4.78 is 85.7. The zero-order chi connectivity index (χ0) is 51.9. The Bertz CT molecular complexity index is 3210. The third kappa shape index (κ3) is 17.2. The van der Waals surface area contributed by atoms with Crippen molar-refractivity contribution in [2.24, 2.45) is 0 Å². The molecule has 0 unspecified atom stereocenters. The zero-order valence-electron chi connectivity index (χ0n) is 41.1. The Labute approximate surface area is 421 Å². The first-order valence-electron chi connectivity index (χ1n) is 22.7. The third-order valence-electron chi connectivity index (χ3n) is 10.1. The number of aryl methyl sites for hydroxylation is 2. The normalized spacial score (nSPS) is 11.4. The van der Waals surface area contributed by atoms with Gasteiger partial charge in [0.05, 0.1) is 52.8 Å². The third-order valence-corrected chi connectivity index (χ3v) is 12.6. The summed E-state index contributed by atoms with van der Waals surface area (Å²) in [4.78, 5) is 36.4. The Morgan fingerprint density at radius 2 is 0.958 bits per heavy atom. The maximum atomic E-state index is 13.6. The fraction of sp³-hybridized carbons (Fsp3) is 0.273. The quantitative estimate of drug-likeness (QED) is 0.0431. The molecule has 0 radical (unpaired) electrons. The minimum Gasteiger partial charge on any atom is -0.494 e. The van der Waals surface area contributed by atoms with Gasteiger partial charge in [0.15, 0.2) is 6.61 Å². The van der Waals surface area contributed by atoms with Crippen molar-refractivity contribution in [2.75, 3.05) is 26.9 Å². The number of pyridine rings is 2. The number of hydrogen-bond donors (Lipinski definition) is 0. The van der Waals surface area contributed by atoms with Gasteiger partial charge in [0.25, 0.3) is 20.2 Å². The molecule has 72 heavy (non-hydrogen) atoms. The van der Waals surface area contributed by atoms with E-state index in [0.717, 1.165) is 11.1 Å². The summed E-state index contributed by atoms with van der Waals surface area (Å²) in [6, 6.07) is 33.2. The lowest BCUT2D eigenvalue weighted by Crippen LogP contribution is -2.35. The monoisotopic (exact) mass is 1010 g/mol. The summed E-state index contributed by atoms with van der Waals surface area (Å²) >= 11 is 0. The number of methoxy groups -OCH3 is 1. The summed E-state index contributed by atoms with van der Waals surface area (Å²) in [6.45, 7) is 9.99. The highest BCUT2D eigenvalue weighted by molar-refractivity contribution is 7.87. The molecule has 4 aromatic carbocycles. The summed E-state index contributed by atoms with van der Waals surface area (Å²) in [7, 11) is -7.11. The molecule has 0 aliphatic rings. The molecule has 0 fully saturated rings. The Morgan fingerprint density at radius 1 is 0.556 bits per heavy atom. The Morgan fingerprint density at radius 3 is 1.36 bits per heavy atom. The van der Waals surface area contributed by atoms with Gasteiger partial charge in [-0.1, -0.05) is 59.1 Å². The van der Waals surface area contributed by atoms with Crippen LogP contribution in [0.1, 0.15) is 83.9 Å². The van der Waals surface area contributed by atoms with Gasteiger partial charge >= 0.3 is 11.9 Å². The van der Waals surface area contributed by atoms with Gasteiger partial charge in [-0.3, -0.25) is 28.0 Å². The predicted octanol–water partition coefficient (Wildman–Crippen LogP) is 8.00. The molecule has 0 bridgehead atoms.